The fourth-order valence-corrected chi connectivity index (χ4v) is 3.37. The fraction of sp³-hybridized carbons (Fsp3) is 0.409. The molecule has 0 aromatic heterocycles. The first-order valence-corrected chi connectivity index (χ1v) is 9.91. The summed E-state index contributed by atoms with van der Waals surface area (Å²) in [7, 11) is 1.66. The number of rotatable bonds is 8. The van der Waals surface area contributed by atoms with Gasteiger partial charge < -0.3 is 20.3 Å². The van der Waals surface area contributed by atoms with E-state index in [1.165, 1.54) is 11.3 Å². The molecule has 6 nitrogen and oxygen atoms in total. The summed E-state index contributed by atoms with van der Waals surface area (Å²) in [5.41, 5.74) is 2.47. The van der Waals surface area contributed by atoms with E-state index >= 15 is 0 Å². The number of urea groups is 1. The molecular weight excluding hydrogens is 352 g/mol. The predicted molar refractivity (Wildman–Crippen MR) is 113 cm³/mol. The summed E-state index contributed by atoms with van der Waals surface area (Å²) in [6.45, 7) is 6.27. The Hall–Kier alpha value is -2.73. The quantitative estimate of drug-likeness (QED) is 0.736. The van der Waals surface area contributed by atoms with Gasteiger partial charge in [-0.05, 0) is 36.2 Å². The Kier molecular flexibility index (Phi) is 7.55. The molecular formula is C22H30N4O2. The van der Waals surface area contributed by atoms with Gasteiger partial charge in [0.15, 0.2) is 0 Å². The van der Waals surface area contributed by atoms with Crippen LogP contribution in [-0.4, -0.2) is 63.9 Å². The number of piperazine rings is 1. The average molecular weight is 383 g/mol. The number of nitrogens with zero attached hydrogens (tertiary/aromatic N) is 2. The van der Waals surface area contributed by atoms with Gasteiger partial charge >= 0.3 is 6.03 Å². The highest BCUT2D eigenvalue weighted by atomic mass is 16.5. The molecule has 0 saturated carbocycles. The molecule has 0 spiro atoms. The van der Waals surface area contributed by atoms with Crippen molar-refractivity contribution in [3.05, 3.63) is 60.2 Å². The predicted octanol–water partition coefficient (Wildman–Crippen LogP) is 2.36. The maximum Gasteiger partial charge on any atom is 0.314 e. The molecule has 2 N–H and O–H groups in total. The molecule has 2 aromatic rings. The Labute approximate surface area is 167 Å². The Morgan fingerprint density at radius 2 is 1.61 bits per heavy atom. The van der Waals surface area contributed by atoms with E-state index in [-0.39, 0.29) is 6.03 Å². The van der Waals surface area contributed by atoms with Gasteiger partial charge in [0.2, 0.25) is 0 Å². The first-order chi connectivity index (χ1) is 13.7. The third kappa shape index (κ3) is 6.16. The van der Waals surface area contributed by atoms with E-state index < -0.39 is 0 Å². The molecule has 1 saturated heterocycles. The Morgan fingerprint density at radius 1 is 0.929 bits per heavy atom. The standard InChI is InChI=1S/C22H30N4O2/c1-28-21-9-7-19(8-10-21)11-12-23-22(27)24-13-14-25-15-17-26(18-16-25)20-5-3-2-4-6-20/h2-10H,11-18H2,1H3,(H2,23,24,27). The summed E-state index contributed by atoms with van der Waals surface area (Å²) in [6, 6.07) is 18.4. The Morgan fingerprint density at radius 3 is 2.29 bits per heavy atom. The molecule has 0 bridgehead atoms. The largest absolute Gasteiger partial charge is 0.497 e. The van der Waals surface area contributed by atoms with Crippen molar-refractivity contribution in [3.8, 4) is 5.75 Å². The van der Waals surface area contributed by atoms with Crippen LogP contribution < -0.4 is 20.3 Å². The second kappa shape index (κ2) is 10.6. The van der Waals surface area contributed by atoms with Crippen LogP contribution in [0.1, 0.15) is 5.56 Å². The molecule has 2 amide bonds. The minimum absolute atomic E-state index is 0.101. The van der Waals surface area contributed by atoms with Gasteiger partial charge in [-0.3, -0.25) is 4.90 Å². The van der Waals surface area contributed by atoms with Gasteiger partial charge in [0.05, 0.1) is 7.11 Å². The molecule has 1 aliphatic rings. The van der Waals surface area contributed by atoms with Gasteiger partial charge in [-0.1, -0.05) is 30.3 Å². The zero-order chi connectivity index (χ0) is 19.6. The highest BCUT2D eigenvalue weighted by Crippen LogP contribution is 2.15. The molecule has 6 heteroatoms. The zero-order valence-corrected chi connectivity index (χ0v) is 16.6. The summed E-state index contributed by atoms with van der Waals surface area (Å²) >= 11 is 0. The van der Waals surface area contributed by atoms with Crippen molar-refractivity contribution in [3.63, 3.8) is 0 Å². The van der Waals surface area contributed by atoms with Crippen molar-refractivity contribution in [1.82, 2.24) is 15.5 Å². The molecule has 0 aliphatic carbocycles. The summed E-state index contributed by atoms with van der Waals surface area (Å²) in [6.07, 6.45) is 0.804. The smallest absolute Gasteiger partial charge is 0.314 e. The second-order valence-corrected chi connectivity index (χ2v) is 6.94. The van der Waals surface area contributed by atoms with E-state index in [2.05, 4.69) is 44.7 Å². The SMILES string of the molecule is COc1ccc(CCNC(=O)NCCN2CCN(c3ccccc3)CC2)cc1. The van der Waals surface area contributed by atoms with Gasteiger partial charge in [-0.15, -0.1) is 0 Å². The highest BCUT2D eigenvalue weighted by Gasteiger charge is 2.16. The third-order valence-corrected chi connectivity index (χ3v) is 5.07. The number of hydrogen-bond acceptors (Lipinski definition) is 4. The minimum Gasteiger partial charge on any atom is -0.497 e. The summed E-state index contributed by atoms with van der Waals surface area (Å²) in [5.74, 6) is 0.846. The first kappa shape index (κ1) is 20.0. The second-order valence-electron chi connectivity index (χ2n) is 6.94. The fourth-order valence-electron chi connectivity index (χ4n) is 3.37. The van der Waals surface area contributed by atoms with E-state index in [9.17, 15) is 4.79 Å². The van der Waals surface area contributed by atoms with Crippen LogP contribution in [0.5, 0.6) is 5.75 Å². The topological polar surface area (TPSA) is 56.8 Å². The number of nitrogens with one attached hydrogen (secondary N) is 2. The Bertz CT molecular complexity index is 713. The van der Waals surface area contributed by atoms with E-state index in [1.54, 1.807) is 7.11 Å². The molecule has 0 atom stereocenters. The van der Waals surface area contributed by atoms with E-state index in [4.69, 9.17) is 4.74 Å². The number of carbonyl (C=O) groups is 1. The number of para-hydroxylation sites is 1. The maximum absolute atomic E-state index is 11.9. The van der Waals surface area contributed by atoms with Gasteiger partial charge in [0.1, 0.15) is 5.75 Å². The summed E-state index contributed by atoms with van der Waals surface area (Å²) in [5, 5.41) is 5.87. The van der Waals surface area contributed by atoms with Crippen LogP contribution >= 0.6 is 0 Å². The van der Waals surface area contributed by atoms with Crippen molar-refractivity contribution < 1.29 is 9.53 Å². The van der Waals surface area contributed by atoms with Crippen molar-refractivity contribution in [2.75, 3.05) is 57.8 Å². The van der Waals surface area contributed by atoms with E-state index in [0.717, 1.165) is 44.9 Å². The lowest BCUT2D eigenvalue weighted by Crippen LogP contribution is -2.49. The van der Waals surface area contributed by atoms with E-state index in [0.29, 0.717) is 13.1 Å². The van der Waals surface area contributed by atoms with Crippen LogP contribution in [-0.2, 0) is 6.42 Å². The normalized spacial score (nSPS) is 14.5. The van der Waals surface area contributed by atoms with Gasteiger partial charge in [-0.25, -0.2) is 4.79 Å². The summed E-state index contributed by atoms with van der Waals surface area (Å²) < 4.78 is 5.15. The van der Waals surface area contributed by atoms with Crippen molar-refractivity contribution in [2.24, 2.45) is 0 Å². The zero-order valence-electron chi connectivity index (χ0n) is 16.6. The average Bonchev–Trinajstić information content (AvgIpc) is 2.75. The maximum atomic E-state index is 11.9. The van der Waals surface area contributed by atoms with E-state index in [1.807, 2.05) is 30.3 Å². The number of methoxy groups -OCH3 is 1. The van der Waals surface area contributed by atoms with Crippen LogP contribution in [0.25, 0.3) is 0 Å². The minimum atomic E-state index is -0.101. The molecule has 3 rings (SSSR count). The first-order valence-electron chi connectivity index (χ1n) is 9.91. The molecule has 2 aromatic carbocycles. The van der Waals surface area contributed by atoms with Gasteiger partial charge in [0.25, 0.3) is 0 Å². The van der Waals surface area contributed by atoms with Crippen LogP contribution in [0, 0.1) is 0 Å². The van der Waals surface area contributed by atoms with Crippen molar-refractivity contribution in [1.29, 1.82) is 0 Å². The molecule has 1 fully saturated rings. The van der Waals surface area contributed by atoms with Crippen molar-refractivity contribution in [2.45, 2.75) is 6.42 Å². The molecule has 1 heterocycles. The molecule has 1 aliphatic heterocycles. The molecule has 0 radical (unpaired) electrons. The Balaban J connectivity index is 1.26. The molecule has 150 valence electrons. The number of carbonyl (C=O) groups excluding carboxylic acids is 1. The number of hydrogen-bond donors (Lipinski definition) is 2. The molecule has 0 unspecified atom stereocenters. The number of anilines is 1. The lowest BCUT2D eigenvalue weighted by atomic mass is 10.1. The monoisotopic (exact) mass is 382 g/mol. The molecule has 28 heavy (non-hydrogen) atoms. The number of benzene rings is 2. The third-order valence-electron chi connectivity index (χ3n) is 5.07. The lowest BCUT2D eigenvalue weighted by Gasteiger charge is -2.36. The van der Waals surface area contributed by atoms with Crippen LogP contribution in [0.4, 0.5) is 10.5 Å². The van der Waals surface area contributed by atoms with Crippen LogP contribution in [0.15, 0.2) is 54.6 Å². The van der Waals surface area contributed by atoms with Gasteiger partial charge in [-0.2, -0.15) is 0 Å². The summed E-state index contributed by atoms with van der Waals surface area (Å²) in [4.78, 5) is 16.8. The number of ether oxygens (including phenoxy) is 1. The van der Waals surface area contributed by atoms with Crippen LogP contribution in [0.3, 0.4) is 0 Å². The van der Waals surface area contributed by atoms with Crippen LogP contribution in [0.2, 0.25) is 0 Å². The number of amides is 2. The highest BCUT2D eigenvalue weighted by molar-refractivity contribution is 5.73. The van der Waals surface area contributed by atoms with Gasteiger partial charge in [0, 0.05) is 51.5 Å². The lowest BCUT2D eigenvalue weighted by molar-refractivity contribution is 0.232. The van der Waals surface area contributed by atoms with Crippen molar-refractivity contribution >= 4 is 11.7 Å².